The fourth-order valence-electron chi connectivity index (χ4n) is 3.57. The normalized spacial score (nSPS) is 13.5. The molecule has 1 aliphatic heterocycles. The third-order valence-electron chi connectivity index (χ3n) is 5.21. The standard InChI is InChI=1S/C24H28N6O/c1-17-6-8-20(9-7-17)27-24(31)28-21-12-10-19(11-13-21)26-22-16-18(2)25-23(29-22)30-14-4-3-5-15-30/h6-13,16H,3-5,14-15H2,1-2H3,(H,25,26,29)(H2,27,28,31). The van der Waals surface area contributed by atoms with Gasteiger partial charge >= 0.3 is 6.03 Å². The Hall–Kier alpha value is -3.61. The van der Waals surface area contributed by atoms with Crippen LogP contribution in [0.15, 0.2) is 54.6 Å². The van der Waals surface area contributed by atoms with E-state index in [1.54, 1.807) is 0 Å². The zero-order chi connectivity index (χ0) is 21.6. The van der Waals surface area contributed by atoms with Gasteiger partial charge in [0.1, 0.15) is 5.82 Å². The Labute approximate surface area is 182 Å². The van der Waals surface area contributed by atoms with Gasteiger partial charge in [-0.05, 0) is 69.5 Å². The van der Waals surface area contributed by atoms with E-state index in [2.05, 4.69) is 25.8 Å². The van der Waals surface area contributed by atoms with Crippen LogP contribution in [0, 0.1) is 13.8 Å². The molecule has 0 bridgehead atoms. The van der Waals surface area contributed by atoms with Crippen LogP contribution in [0.2, 0.25) is 0 Å². The third-order valence-corrected chi connectivity index (χ3v) is 5.21. The molecule has 1 aromatic heterocycles. The van der Waals surface area contributed by atoms with Crippen molar-refractivity contribution >= 4 is 34.9 Å². The van der Waals surface area contributed by atoms with Crippen molar-refractivity contribution in [1.82, 2.24) is 9.97 Å². The molecule has 0 unspecified atom stereocenters. The van der Waals surface area contributed by atoms with Gasteiger partial charge in [-0.2, -0.15) is 4.98 Å². The van der Waals surface area contributed by atoms with Gasteiger partial charge in [-0.25, -0.2) is 9.78 Å². The van der Waals surface area contributed by atoms with Crippen molar-refractivity contribution in [2.45, 2.75) is 33.1 Å². The summed E-state index contributed by atoms with van der Waals surface area (Å²) in [6.45, 7) is 6.01. The molecule has 3 aromatic rings. The van der Waals surface area contributed by atoms with E-state index in [-0.39, 0.29) is 6.03 Å². The minimum absolute atomic E-state index is 0.276. The van der Waals surface area contributed by atoms with E-state index in [1.807, 2.05) is 68.4 Å². The number of carbonyl (C=O) groups excluding carboxylic acids is 1. The molecular weight excluding hydrogens is 388 g/mol. The van der Waals surface area contributed by atoms with Crippen LogP contribution < -0.4 is 20.9 Å². The van der Waals surface area contributed by atoms with Crippen molar-refractivity contribution in [3.8, 4) is 0 Å². The van der Waals surface area contributed by atoms with Gasteiger partial charge in [-0.1, -0.05) is 17.7 Å². The van der Waals surface area contributed by atoms with E-state index >= 15 is 0 Å². The lowest BCUT2D eigenvalue weighted by Gasteiger charge is -2.27. The number of hydrogen-bond donors (Lipinski definition) is 3. The van der Waals surface area contributed by atoms with E-state index in [1.165, 1.54) is 19.3 Å². The highest BCUT2D eigenvalue weighted by molar-refractivity contribution is 5.99. The maximum atomic E-state index is 12.2. The number of urea groups is 1. The van der Waals surface area contributed by atoms with Crippen molar-refractivity contribution in [2.24, 2.45) is 0 Å². The molecule has 3 N–H and O–H groups in total. The van der Waals surface area contributed by atoms with Gasteiger partial charge in [-0.15, -0.1) is 0 Å². The topological polar surface area (TPSA) is 82.2 Å². The Morgan fingerprint density at radius 1 is 0.806 bits per heavy atom. The molecule has 1 fully saturated rings. The van der Waals surface area contributed by atoms with Crippen molar-refractivity contribution in [3.63, 3.8) is 0 Å². The number of amides is 2. The summed E-state index contributed by atoms with van der Waals surface area (Å²) in [5, 5.41) is 9.02. The number of nitrogens with zero attached hydrogens (tertiary/aromatic N) is 3. The monoisotopic (exact) mass is 416 g/mol. The Morgan fingerprint density at radius 2 is 1.39 bits per heavy atom. The average Bonchev–Trinajstić information content (AvgIpc) is 2.77. The zero-order valence-electron chi connectivity index (χ0n) is 18.0. The summed E-state index contributed by atoms with van der Waals surface area (Å²) in [7, 11) is 0. The number of hydrogen-bond acceptors (Lipinski definition) is 5. The second-order valence-corrected chi connectivity index (χ2v) is 7.89. The maximum absolute atomic E-state index is 12.2. The van der Waals surface area contributed by atoms with Crippen LogP contribution in [0.3, 0.4) is 0 Å². The number of piperidine rings is 1. The first-order valence-corrected chi connectivity index (χ1v) is 10.7. The SMILES string of the molecule is Cc1ccc(NC(=O)Nc2ccc(Nc3cc(C)nc(N4CCCCC4)n3)cc2)cc1. The van der Waals surface area contributed by atoms with Crippen LogP contribution in [0.25, 0.3) is 0 Å². The molecule has 1 aliphatic rings. The fraction of sp³-hybridized carbons (Fsp3) is 0.292. The Morgan fingerprint density at radius 3 is 2.03 bits per heavy atom. The molecule has 0 saturated carbocycles. The van der Waals surface area contributed by atoms with Crippen LogP contribution in [-0.4, -0.2) is 29.1 Å². The van der Waals surface area contributed by atoms with Crippen molar-refractivity contribution < 1.29 is 4.79 Å². The molecule has 7 nitrogen and oxygen atoms in total. The number of carbonyl (C=O) groups is 1. The highest BCUT2D eigenvalue weighted by atomic mass is 16.2. The summed E-state index contributed by atoms with van der Waals surface area (Å²) in [5.74, 6) is 1.55. The molecule has 0 radical (unpaired) electrons. The predicted octanol–water partition coefficient (Wildman–Crippen LogP) is 5.47. The van der Waals surface area contributed by atoms with Crippen molar-refractivity contribution in [1.29, 1.82) is 0 Å². The molecule has 4 rings (SSSR count). The van der Waals surface area contributed by atoms with Gasteiger partial charge in [-0.3, -0.25) is 0 Å². The van der Waals surface area contributed by atoms with E-state index < -0.39 is 0 Å². The Kier molecular flexibility index (Phi) is 6.31. The zero-order valence-corrected chi connectivity index (χ0v) is 18.0. The summed E-state index contributed by atoms with van der Waals surface area (Å²) in [6.07, 6.45) is 3.65. The summed E-state index contributed by atoms with van der Waals surface area (Å²) in [5.41, 5.74) is 4.44. The lowest BCUT2D eigenvalue weighted by atomic mass is 10.1. The minimum Gasteiger partial charge on any atom is -0.341 e. The first-order valence-electron chi connectivity index (χ1n) is 10.7. The van der Waals surface area contributed by atoms with Gasteiger partial charge < -0.3 is 20.9 Å². The molecule has 2 amide bonds. The minimum atomic E-state index is -0.276. The quantitative estimate of drug-likeness (QED) is 0.514. The first-order chi connectivity index (χ1) is 15.0. The molecule has 0 aliphatic carbocycles. The Balaban J connectivity index is 1.37. The second kappa shape index (κ2) is 9.47. The van der Waals surface area contributed by atoms with Gasteiger partial charge in [0, 0.05) is 41.9 Å². The van der Waals surface area contributed by atoms with Crippen molar-refractivity contribution in [3.05, 3.63) is 65.9 Å². The number of aryl methyl sites for hydroxylation is 2. The smallest absolute Gasteiger partial charge is 0.323 e. The summed E-state index contributed by atoms with van der Waals surface area (Å²) in [4.78, 5) is 23.8. The van der Waals surface area contributed by atoms with Gasteiger partial charge in [0.15, 0.2) is 0 Å². The highest BCUT2D eigenvalue weighted by Crippen LogP contribution is 2.22. The first kappa shape index (κ1) is 20.7. The van der Waals surface area contributed by atoms with Gasteiger partial charge in [0.25, 0.3) is 0 Å². The molecular formula is C24H28N6O. The third kappa shape index (κ3) is 5.72. The molecule has 2 aromatic carbocycles. The molecule has 31 heavy (non-hydrogen) atoms. The van der Waals surface area contributed by atoms with Crippen LogP contribution in [-0.2, 0) is 0 Å². The van der Waals surface area contributed by atoms with E-state index in [9.17, 15) is 4.79 Å². The van der Waals surface area contributed by atoms with E-state index in [0.29, 0.717) is 5.69 Å². The number of aromatic nitrogens is 2. The van der Waals surface area contributed by atoms with Gasteiger partial charge in [0.2, 0.25) is 5.95 Å². The van der Waals surface area contributed by atoms with Crippen LogP contribution in [0.5, 0.6) is 0 Å². The van der Waals surface area contributed by atoms with Crippen molar-refractivity contribution in [2.75, 3.05) is 33.9 Å². The van der Waals surface area contributed by atoms with E-state index in [0.717, 1.165) is 47.5 Å². The largest absolute Gasteiger partial charge is 0.341 e. The molecule has 0 atom stereocenters. The molecule has 1 saturated heterocycles. The lowest BCUT2D eigenvalue weighted by Crippen LogP contribution is -2.31. The average molecular weight is 417 g/mol. The molecule has 160 valence electrons. The number of benzene rings is 2. The van der Waals surface area contributed by atoms with Crippen LogP contribution in [0.1, 0.15) is 30.5 Å². The number of anilines is 5. The Bertz CT molecular complexity index is 1030. The van der Waals surface area contributed by atoms with Crippen LogP contribution >= 0.6 is 0 Å². The summed E-state index contributed by atoms with van der Waals surface area (Å²) < 4.78 is 0. The predicted molar refractivity (Wildman–Crippen MR) is 126 cm³/mol. The molecule has 7 heteroatoms. The molecule has 0 spiro atoms. The highest BCUT2D eigenvalue weighted by Gasteiger charge is 2.14. The fourth-order valence-corrected chi connectivity index (χ4v) is 3.57. The lowest BCUT2D eigenvalue weighted by molar-refractivity contribution is 0.262. The summed E-state index contributed by atoms with van der Waals surface area (Å²) in [6, 6.07) is 16.9. The van der Waals surface area contributed by atoms with Gasteiger partial charge in [0.05, 0.1) is 0 Å². The van der Waals surface area contributed by atoms with E-state index in [4.69, 9.17) is 4.98 Å². The summed E-state index contributed by atoms with van der Waals surface area (Å²) >= 11 is 0. The number of nitrogens with one attached hydrogen (secondary N) is 3. The molecule has 2 heterocycles. The maximum Gasteiger partial charge on any atom is 0.323 e. The second-order valence-electron chi connectivity index (χ2n) is 7.89. The van der Waals surface area contributed by atoms with Crippen LogP contribution in [0.4, 0.5) is 33.6 Å². The number of rotatable bonds is 5.